The van der Waals surface area contributed by atoms with Gasteiger partial charge in [0.2, 0.25) is 0 Å². The van der Waals surface area contributed by atoms with E-state index in [9.17, 15) is 9.59 Å². The number of rotatable bonds is 4. The molecule has 1 saturated heterocycles. The van der Waals surface area contributed by atoms with Crippen molar-refractivity contribution < 1.29 is 14.7 Å². The summed E-state index contributed by atoms with van der Waals surface area (Å²) in [4.78, 5) is 28.8. The first kappa shape index (κ1) is 15.8. The summed E-state index contributed by atoms with van der Waals surface area (Å²) in [5.41, 5.74) is 0. The highest BCUT2D eigenvalue weighted by Crippen LogP contribution is 2.13. The van der Waals surface area contributed by atoms with Crippen LogP contribution in [0.2, 0.25) is 0 Å². The van der Waals surface area contributed by atoms with Crippen LogP contribution >= 0.6 is 0 Å². The van der Waals surface area contributed by atoms with Gasteiger partial charge < -0.3 is 19.8 Å². The molecule has 0 saturated carbocycles. The van der Waals surface area contributed by atoms with Gasteiger partial charge in [0.1, 0.15) is 6.54 Å². The number of likely N-dealkylation sites (N-methyl/N-ethyl adjacent to an activating group) is 1. The lowest BCUT2D eigenvalue weighted by Gasteiger charge is -2.40. The molecule has 1 rings (SSSR count). The van der Waals surface area contributed by atoms with E-state index >= 15 is 0 Å². The maximum absolute atomic E-state index is 12.5. The van der Waals surface area contributed by atoms with Gasteiger partial charge in [-0.05, 0) is 27.3 Å². The molecule has 0 radical (unpaired) electrons. The Bertz CT molecular complexity index is 335. The molecular formula is C13H25N3O3. The van der Waals surface area contributed by atoms with Crippen LogP contribution in [0.1, 0.15) is 27.2 Å². The fourth-order valence-electron chi connectivity index (χ4n) is 2.18. The average molecular weight is 271 g/mol. The molecule has 1 fully saturated rings. The summed E-state index contributed by atoms with van der Waals surface area (Å²) in [5.74, 6) is -0.962. The Kier molecular flexibility index (Phi) is 5.60. The van der Waals surface area contributed by atoms with Crippen molar-refractivity contribution in [3.8, 4) is 0 Å². The molecule has 0 aromatic rings. The third-order valence-electron chi connectivity index (χ3n) is 3.90. The number of urea groups is 1. The van der Waals surface area contributed by atoms with E-state index in [4.69, 9.17) is 5.11 Å². The predicted molar refractivity (Wildman–Crippen MR) is 73.2 cm³/mol. The third kappa shape index (κ3) is 4.09. The number of nitrogens with zero attached hydrogens (tertiary/aromatic N) is 3. The van der Waals surface area contributed by atoms with Gasteiger partial charge in [-0.2, -0.15) is 0 Å². The zero-order chi connectivity index (χ0) is 14.6. The Hall–Kier alpha value is -1.30. The Balaban J connectivity index is 2.73. The molecule has 1 aliphatic rings. The number of aliphatic carboxylic acids is 1. The second-order valence-corrected chi connectivity index (χ2v) is 5.34. The molecule has 19 heavy (non-hydrogen) atoms. The third-order valence-corrected chi connectivity index (χ3v) is 3.90. The summed E-state index contributed by atoms with van der Waals surface area (Å²) in [6.45, 7) is 7.83. The van der Waals surface area contributed by atoms with Crippen LogP contribution in [0, 0.1) is 0 Å². The van der Waals surface area contributed by atoms with Gasteiger partial charge in [-0.25, -0.2) is 4.79 Å². The second kappa shape index (κ2) is 6.75. The van der Waals surface area contributed by atoms with Crippen molar-refractivity contribution in [2.24, 2.45) is 0 Å². The number of carboxylic acids is 1. The number of amides is 2. The molecule has 1 aliphatic heterocycles. The van der Waals surface area contributed by atoms with Crippen molar-refractivity contribution in [3.63, 3.8) is 0 Å². The number of carboxylic acid groups (broad SMARTS) is 1. The monoisotopic (exact) mass is 271 g/mol. The highest BCUT2D eigenvalue weighted by molar-refractivity contribution is 5.80. The predicted octanol–water partition coefficient (Wildman–Crippen LogP) is 0.927. The van der Waals surface area contributed by atoms with Crippen molar-refractivity contribution in [1.82, 2.24) is 14.7 Å². The average Bonchev–Trinajstić information content (AvgIpc) is 2.37. The highest BCUT2D eigenvalue weighted by atomic mass is 16.4. The van der Waals surface area contributed by atoms with Crippen LogP contribution in [0.3, 0.4) is 0 Å². The van der Waals surface area contributed by atoms with Crippen molar-refractivity contribution in [1.29, 1.82) is 0 Å². The van der Waals surface area contributed by atoms with Gasteiger partial charge in [0.05, 0.1) is 0 Å². The molecular weight excluding hydrogens is 246 g/mol. The molecule has 1 heterocycles. The van der Waals surface area contributed by atoms with Gasteiger partial charge in [0.25, 0.3) is 0 Å². The fourth-order valence-corrected chi connectivity index (χ4v) is 2.18. The fraction of sp³-hybridized carbons (Fsp3) is 0.846. The molecule has 0 spiro atoms. The number of piperazine rings is 1. The van der Waals surface area contributed by atoms with Crippen molar-refractivity contribution in [3.05, 3.63) is 0 Å². The first-order valence-corrected chi connectivity index (χ1v) is 6.84. The normalized spacial score (nSPS) is 22.1. The number of hydrogen-bond acceptors (Lipinski definition) is 3. The summed E-state index contributed by atoms with van der Waals surface area (Å²) in [5, 5.41) is 8.95. The number of carbonyl (C=O) groups is 2. The Morgan fingerprint density at radius 2 is 2.05 bits per heavy atom. The van der Waals surface area contributed by atoms with E-state index in [0.29, 0.717) is 19.1 Å². The molecule has 110 valence electrons. The van der Waals surface area contributed by atoms with Crippen LogP contribution in [0.15, 0.2) is 0 Å². The van der Waals surface area contributed by atoms with Gasteiger partial charge >= 0.3 is 12.0 Å². The molecule has 0 aromatic heterocycles. The maximum atomic E-state index is 12.5. The molecule has 0 aliphatic carbocycles. The molecule has 1 N–H and O–H groups in total. The van der Waals surface area contributed by atoms with Gasteiger partial charge in [-0.3, -0.25) is 4.79 Å². The topological polar surface area (TPSA) is 64.1 Å². The number of carbonyl (C=O) groups excluding carboxylic acids is 1. The summed E-state index contributed by atoms with van der Waals surface area (Å²) < 4.78 is 0. The van der Waals surface area contributed by atoms with Crippen molar-refractivity contribution in [2.75, 3.05) is 33.2 Å². The van der Waals surface area contributed by atoms with Gasteiger partial charge in [0.15, 0.2) is 0 Å². The van der Waals surface area contributed by atoms with Crippen LogP contribution in [-0.4, -0.2) is 77.1 Å². The Labute approximate surface area is 115 Å². The molecule has 2 atom stereocenters. The summed E-state index contributed by atoms with van der Waals surface area (Å²) in [6.07, 6.45) is 0.752. The lowest BCUT2D eigenvalue weighted by atomic mass is 10.2. The minimum Gasteiger partial charge on any atom is -0.480 e. The van der Waals surface area contributed by atoms with E-state index in [2.05, 4.69) is 11.8 Å². The van der Waals surface area contributed by atoms with Crippen LogP contribution in [0.4, 0.5) is 4.79 Å². The summed E-state index contributed by atoms with van der Waals surface area (Å²) in [6, 6.07) is 0.0940. The second-order valence-electron chi connectivity index (χ2n) is 5.34. The summed E-state index contributed by atoms with van der Waals surface area (Å²) in [7, 11) is 2.04. The summed E-state index contributed by atoms with van der Waals surface area (Å²) >= 11 is 0. The zero-order valence-electron chi connectivity index (χ0n) is 12.3. The van der Waals surface area contributed by atoms with E-state index in [-0.39, 0.29) is 18.6 Å². The molecule has 6 nitrogen and oxygen atoms in total. The molecule has 6 heteroatoms. The maximum Gasteiger partial charge on any atom is 0.323 e. The largest absolute Gasteiger partial charge is 0.480 e. The number of hydrogen-bond donors (Lipinski definition) is 1. The SMILES string of the molecule is CCC(C)N(CC(=O)O)C(=O)N1CCN(C)C(C)C1. The van der Waals surface area contributed by atoms with Gasteiger partial charge in [-0.15, -0.1) is 0 Å². The lowest BCUT2D eigenvalue weighted by Crippen LogP contribution is -2.57. The van der Waals surface area contributed by atoms with E-state index in [1.165, 1.54) is 4.90 Å². The van der Waals surface area contributed by atoms with Crippen LogP contribution in [0.5, 0.6) is 0 Å². The molecule has 2 amide bonds. The van der Waals surface area contributed by atoms with Gasteiger partial charge in [0, 0.05) is 31.7 Å². The first-order chi connectivity index (χ1) is 8.86. The van der Waals surface area contributed by atoms with Crippen molar-refractivity contribution >= 4 is 12.0 Å². The van der Waals surface area contributed by atoms with Crippen LogP contribution in [0.25, 0.3) is 0 Å². The van der Waals surface area contributed by atoms with E-state index < -0.39 is 5.97 Å². The lowest BCUT2D eigenvalue weighted by molar-refractivity contribution is -0.138. The minimum atomic E-state index is -0.962. The molecule has 0 aromatic carbocycles. The van der Waals surface area contributed by atoms with Crippen molar-refractivity contribution in [2.45, 2.75) is 39.3 Å². The zero-order valence-corrected chi connectivity index (χ0v) is 12.3. The smallest absolute Gasteiger partial charge is 0.323 e. The van der Waals surface area contributed by atoms with E-state index in [1.807, 2.05) is 20.9 Å². The van der Waals surface area contributed by atoms with Crippen LogP contribution in [-0.2, 0) is 4.79 Å². The Morgan fingerprint density at radius 3 is 2.53 bits per heavy atom. The first-order valence-electron chi connectivity index (χ1n) is 6.84. The standard InChI is InChI=1S/C13H25N3O3/c1-5-10(2)16(9-12(17)18)13(19)15-7-6-14(4)11(3)8-15/h10-11H,5-9H2,1-4H3,(H,17,18). The highest BCUT2D eigenvalue weighted by Gasteiger charge is 2.30. The minimum absolute atomic E-state index is 0.0569. The Morgan fingerprint density at radius 1 is 1.42 bits per heavy atom. The van der Waals surface area contributed by atoms with E-state index in [1.54, 1.807) is 4.90 Å². The van der Waals surface area contributed by atoms with Crippen LogP contribution < -0.4 is 0 Å². The quantitative estimate of drug-likeness (QED) is 0.826. The molecule has 0 bridgehead atoms. The van der Waals surface area contributed by atoms with Gasteiger partial charge in [-0.1, -0.05) is 6.92 Å². The molecule has 2 unspecified atom stereocenters. The van der Waals surface area contributed by atoms with E-state index in [0.717, 1.165) is 13.0 Å².